The summed E-state index contributed by atoms with van der Waals surface area (Å²) in [6.45, 7) is 7.90. The van der Waals surface area contributed by atoms with E-state index < -0.39 is 5.91 Å². The lowest BCUT2D eigenvalue weighted by atomic mass is 10.1. The van der Waals surface area contributed by atoms with Gasteiger partial charge in [-0.05, 0) is 56.5 Å². The fraction of sp³-hybridized carbons (Fsp3) is 0.448. The molecule has 2 fully saturated rings. The SMILES string of the molecule is COc1ccc2nc(N3C[C@@H](C)N(C(=O)OC4CCN(Cc5ccc(C(N)=O)cc5)CC4)[C@@H](C)C3)cnc2c1. The first-order chi connectivity index (χ1) is 18.8. The normalized spacial score (nSPS) is 20.7. The van der Waals surface area contributed by atoms with Gasteiger partial charge in [-0.25, -0.2) is 9.78 Å². The lowest BCUT2D eigenvalue weighted by Gasteiger charge is -2.44. The molecular weight excluding hydrogens is 496 g/mol. The van der Waals surface area contributed by atoms with E-state index in [0.29, 0.717) is 18.7 Å². The van der Waals surface area contributed by atoms with E-state index >= 15 is 0 Å². The van der Waals surface area contributed by atoms with Crippen LogP contribution in [0.25, 0.3) is 11.0 Å². The number of anilines is 1. The van der Waals surface area contributed by atoms with Crippen LogP contribution in [-0.2, 0) is 11.3 Å². The average Bonchev–Trinajstić information content (AvgIpc) is 2.93. The van der Waals surface area contributed by atoms with E-state index in [2.05, 4.69) is 28.6 Å². The first kappa shape index (κ1) is 26.7. The number of primary amides is 1. The van der Waals surface area contributed by atoms with Crippen LogP contribution in [0, 0.1) is 0 Å². The number of hydrogen-bond acceptors (Lipinski definition) is 8. The van der Waals surface area contributed by atoms with Gasteiger partial charge in [-0.15, -0.1) is 0 Å². The molecule has 2 aliphatic rings. The Kier molecular flexibility index (Phi) is 7.83. The van der Waals surface area contributed by atoms with Crippen LogP contribution in [0.2, 0.25) is 0 Å². The van der Waals surface area contributed by atoms with Crippen molar-refractivity contribution >= 4 is 28.9 Å². The van der Waals surface area contributed by atoms with Crippen LogP contribution in [0.3, 0.4) is 0 Å². The number of likely N-dealkylation sites (tertiary alicyclic amines) is 1. The third-order valence-electron chi connectivity index (χ3n) is 7.64. The summed E-state index contributed by atoms with van der Waals surface area (Å²) in [4.78, 5) is 40.3. The van der Waals surface area contributed by atoms with E-state index in [0.717, 1.165) is 60.6 Å². The third kappa shape index (κ3) is 6.06. The molecule has 206 valence electrons. The highest BCUT2D eigenvalue weighted by Crippen LogP contribution is 2.26. The number of aromatic nitrogens is 2. The predicted octanol–water partition coefficient (Wildman–Crippen LogP) is 3.44. The fourth-order valence-corrected chi connectivity index (χ4v) is 5.55. The maximum Gasteiger partial charge on any atom is 0.410 e. The van der Waals surface area contributed by atoms with Crippen LogP contribution in [0.15, 0.2) is 48.7 Å². The van der Waals surface area contributed by atoms with Crippen LogP contribution in [0.1, 0.15) is 42.6 Å². The number of rotatable bonds is 6. The van der Waals surface area contributed by atoms with E-state index in [4.69, 9.17) is 20.2 Å². The van der Waals surface area contributed by atoms with Gasteiger partial charge in [-0.1, -0.05) is 12.1 Å². The minimum absolute atomic E-state index is 0.0296. The van der Waals surface area contributed by atoms with Crippen LogP contribution in [-0.4, -0.2) is 83.2 Å². The molecule has 2 amide bonds. The zero-order valence-electron chi connectivity index (χ0n) is 22.7. The molecule has 0 radical (unpaired) electrons. The number of carbonyl (C=O) groups excluding carboxylic acids is 2. The molecule has 2 atom stereocenters. The van der Waals surface area contributed by atoms with Crippen molar-refractivity contribution in [2.45, 2.75) is 51.4 Å². The molecule has 2 aliphatic heterocycles. The van der Waals surface area contributed by atoms with Gasteiger partial charge < -0.3 is 20.1 Å². The number of methoxy groups -OCH3 is 1. The van der Waals surface area contributed by atoms with Gasteiger partial charge in [0.15, 0.2) is 0 Å². The first-order valence-electron chi connectivity index (χ1n) is 13.5. The van der Waals surface area contributed by atoms with Crippen LogP contribution >= 0.6 is 0 Å². The second-order valence-electron chi connectivity index (χ2n) is 10.5. The number of ether oxygens (including phenoxy) is 2. The number of carbonyl (C=O) groups is 2. The Morgan fingerprint density at radius 3 is 2.33 bits per heavy atom. The molecule has 2 N–H and O–H groups in total. The number of nitrogens with zero attached hydrogens (tertiary/aromatic N) is 5. The van der Waals surface area contributed by atoms with Crippen molar-refractivity contribution in [2.24, 2.45) is 5.73 Å². The molecule has 0 spiro atoms. The number of hydrogen-bond donors (Lipinski definition) is 1. The van der Waals surface area contributed by atoms with Gasteiger partial charge in [0.05, 0.1) is 36.4 Å². The number of amides is 2. The van der Waals surface area contributed by atoms with Gasteiger partial charge in [0.25, 0.3) is 0 Å². The third-order valence-corrected chi connectivity index (χ3v) is 7.64. The van der Waals surface area contributed by atoms with E-state index in [1.54, 1.807) is 25.4 Å². The summed E-state index contributed by atoms with van der Waals surface area (Å²) in [5, 5.41) is 0. The Balaban J connectivity index is 1.13. The number of piperazine rings is 1. The van der Waals surface area contributed by atoms with Crippen molar-refractivity contribution in [1.82, 2.24) is 19.8 Å². The zero-order chi connectivity index (χ0) is 27.5. The van der Waals surface area contributed by atoms with Crippen LogP contribution in [0.5, 0.6) is 5.75 Å². The van der Waals surface area contributed by atoms with Gasteiger partial charge in [0, 0.05) is 44.4 Å². The summed E-state index contributed by atoms with van der Waals surface area (Å²) in [7, 11) is 1.63. The summed E-state index contributed by atoms with van der Waals surface area (Å²) in [6.07, 6.45) is 3.05. The molecule has 0 aliphatic carbocycles. The minimum atomic E-state index is -0.419. The molecule has 10 heteroatoms. The maximum atomic E-state index is 13.2. The monoisotopic (exact) mass is 532 g/mol. The molecule has 5 rings (SSSR count). The first-order valence-corrected chi connectivity index (χ1v) is 13.5. The van der Waals surface area contributed by atoms with Crippen molar-refractivity contribution in [3.8, 4) is 5.75 Å². The highest BCUT2D eigenvalue weighted by atomic mass is 16.6. The maximum absolute atomic E-state index is 13.2. The minimum Gasteiger partial charge on any atom is -0.497 e. The van der Waals surface area contributed by atoms with Gasteiger partial charge in [0.1, 0.15) is 17.7 Å². The van der Waals surface area contributed by atoms with Gasteiger partial charge in [-0.3, -0.25) is 19.6 Å². The largest absolute Gasteiger partial charge is 0.497 e. The van der Waals surface area contributed by atoms with Crippen molar-refractivity contribution in [3.63, 3.8) is 0 Å². The Morgan fingerprint density at radius 1 is 1.00 bits per heavy atom. The molecule has 3 aromatic rings. The van der Waals surface area contributed by atoms with Crippen molar-refractivity contribution in [2.75, 3.05) is 38.2 Å². The molecule has 2 aromatic carbocycles. The number of benzene rings is 2. The summed E-state index contributed by atoms with van der Waals surface area (Å²) in [5.41, 5.74) is 8.57. The van der Waals surface area contributed by atoms with E-state index in [1.807, 2.05) is 35.2 Å². The van der Waals surface area contributed by atoms with Crippen LogP contribution in [0.4, 0.5) is 10.6 Å². The second kappa shape index (κ2) is 11.4. The highest BCUT2D eigenvalue weighted by molar-refractivity contribution is 5.92. The van der Waals surface area contributed by atoms with Gasteiger partial charge in [0.2, 0.25) is 5.91 Å². The van der Waals surface area contributed by atoms with Crippen molar-refractivity contribution < 1.29 is 19.1 Å². The second-order valence-corrected chi connectivity index (χ2v) is 10.5. The summed E-state index contributed by atoms with van der Waals surface area (Å²) >= 11 is 0. The molecular formula is C29H36N6O4. The Hall–Kier alpha value is -3.92. The van der Waals surface area contributed by atoms with Gasteiger partial charge in [-0.2, -0.15) is 0 Å². The lowest BCUT2D eigenvalue weighted by Crippen LogP contribution is -2.59. The topological polar surface area (TPSA) is 114 Å². The highest BCUT2D eigenvalue weighted by Gasteiger charge is 2.36. The number of piperidine rings is 1. The van der Waals surface area contributed by atoms with E-state index in [1.165, 1.54) is 0 Å². The summed E-state index contributed by atoms with van der Waals surface area (Å²) < 4.78 is 11.3. The molecule has 10 nitrogen and oxygen atoms in total. The molecule has 3 heterocycles. The molecule has 0 unspecified atom stereocenters. The number of fused-ring (bicyclic) bond motifs is 1. The Bertz CT molecular complexity index is 1310. The average molecular weight is 533 g/mol. The predicted molar refractivity (Wildman–Crippen MR) is 149 cm³/mol. The summed E-state index contributed by atoms with van der Waals surface area (Å²) in [6, 6.07) is 13.0. The quantitative estimate of drug-likeness (QED) is 0.514. The molecule has 2 saturated heterocycles. The fourth-order valence-electron chi connectivity index (χ4n) is 5.55. The van der Waals surface area contributed by atoms with Crippen molar-refractivity contribution in [1.29, 1.82) is 0 Å². The Morgan fingerprint density at radius 2 is 1.69 bits per heavy atom. The lowest BCUT2D eigenvalue weighted by molar-refractivity contribution is 0.0100. The zero-order valence-corrected chi connectivity index (χ0v) is 22.7. The molecule has 0 saturated carbocycles. The Labute approximate surface area is 228 Å². The number of nitrogens with two attached hydrogens (primary N) is 1. The molecule has 0 bridgehead atoms. The standard InChI is InChI=1S/C29H36N6O4/c1-19-16-34(27-15-31-26-14-24(38-3)8-9-25(26)32-27)17-20(2)35(19)29(37)39-23-10-12-33(13-11-23)18-21-4-6-22(7-5-21)28(30)36/h4-9,14-15,19-20,23H,10-13,16-18H2,1-3H3,(H2,30,36)/t19-,20+. The van der Waals surface area contributed by atoms with Gasteiger partial charge >= 0.3 is 6.09 Å². The van der Waals surface area contributed by atoms with Crippen LogP contribution < -0.4 is 15.4 Å². The summed E-state index contributed by atoms with van der Waals surface area (Å²) in [5.74, 6) is 1.13. The van der Waals surface area contributed by atoms with Crippen molar-refractivity contribution in [3.05, 3.63) is 59.8 Å². The van der Waals surface area contributed by atoms with E-state index in [-0.39, 0.29) is 24.3 Å². The van der Waals surface area contributed by atoms with E-state index in [9.17, 15) is 9.59 Å². The molecule has 1 aromatic heterocycles. The molecule has 39 heavy (non-hydrogen) atoms. The smallest absolute Gasteiger partial charge is 0.410 e.